The van der Waals surface area contributed by atoms with Crippen LogP contribution in [0.15, 0.2) is 121 Å². The zero-order chi connectivity index (χ0) is 24.1. The van der Waals surface area contributed by atoms with Crippen molar-refractivity contribution >= 4 is 49.7 Å². The molecule has 0 aliphatic heterocycles. The molecule has 0 spiro atoms. The average Bonchev–Trinajstić information content (AvgIpc) is 2.96. The standard InChI is InChI=1S/C34H22N2/c35-36-34-31(24-14-5-2-6-15-24)29(22-11-3-1-4-12-22)21-30-27-18-10-9-17-26(27)28-20-19-23-13-7-8-16-25(23)32(28)33(30)34/h1-21,31H. The summed E-state index contributed by atoms with van der Waals surface area (Å²) in [5.41, 5.74) is 16.9. The van der Waals surface area contributed by atoms with Crippen molar-refractivity contribution in [1.29, 1.82) is 0 Å². The topological polar surface area (TPSA) is 36.4 Å². The van der Waals surface area contributed by atoms with Crippen LogP contribution in [-0.2, 0) is 0 Å². The summed E-state index contributed by atoms with van der Waals surface area (Å²) in [6.45, 7) is 0. The zero-order valence-corrected chi connectivity index (χ0v) is 19.6. The third-order valence-electron chi connectivity index (χ3n) is 7.44. The van der Waals surface area contributed by atoms with Gasteiger partial charge in [0.1, 0.15) is 5.92 Å². The van der Waals surface area contributed by atoms with Crippen LogP contribution in [-0.4, -0.2) is 10.5 Å². The minimum atomic E-state index is -0.200. The van der Waals surface area contributed by atoms with Gasteiger partial charge in [0.15, 0.2) is 0 Å². The van der Waals surface area contributed by atoms with E-state index in [0.717, 1.165) is 38.6 Å². The Labute approximate surface area is 209 Å². The zero-order valence-electron chi connectivity index (χ0n) is 19.6. The maximum atomic E-state index is 10.7. The smallest absolute Gasteiger partial charge is 0.312 e. The summed E-state index contributed by atoms with van der Waals surface area (Å²) in [7, 11) is 0. The quantitative estimate of drug-likeness (QED) is 0.142. The second-order valence-electron chi connectivity index (χ2n) is 9.34. The van der Waals surface area contributed by atoms with Crippen LogP contribution in [0.25, 0.3) is 49.5 Å². The predicted molar refractivity (Wildman–Crippen MR) is 150 cm³/mol. The molecule has 1 aliphatic carbocycles. The first-order valence-electron chi connectivity index (χ1n) is 12.3. The van der Waals surface area contributed by atoms with Crippen molar-refractivity contribution < 1.29 is 4.79 Å². The van der Waals surface area contributed by atoms with Crippen LogP contribution in [0, 0.1) is 0 Å². The highest BCUT2D eigenvalue weighted by Crippen LogP contribution is 2.47. The fourth-order valence-electron chi connectivity index (χ4n) is 5.91. The molecule has 2 heteroatoms. The van der Waals surface area contributed by atoms with Gasteiger partial charge in [0.25, 0.3) is 0 Å². The van der Waals surface area contributed by atoms with Crippen molar-refractivity contribution in [2.24, 2.45) is 0 Å². The predicted octanol–water partition coefficient (Wildman–Crippen LogP) is 8.50. The first-order valence-corrected chi connectivity index (χ1v) is 12.3. The Kier molecular flexibility index (Phi) is 4.67. The molecule has 7 rings (SSSR count). The molecule has 1 unspecified atom stereocenters. The van der Waals surface area contributed by atoms with Crippen molar-refractivity contribution in [1.82, 2.24) is 0 Å². The molecule has 168 valence electrons. The molecule has 0 radical (unpaired) electrons. The van der Waals surface area contributed by atoms with Gasteiger partial charge >= 0.3 is 5.71 Å². The van der Waals surface area contributed by atoms with Crippen LogP contribution in [0.4, 0.5) is 0 Å². The molecule has 0 fully saturated rings. The Hall–Kier alpha value is -4.78. The molecular weight excluding hydrogens is 436 g/mol. The number of rotatable bonds is 2. The van der Waals surface area contributed by atoms with Crippen LogP contribution in [0.1, 0.15) is 28.2 Å². The molecule has 0 saturated carbocycles. The Morgan fingerprint density at radius 2 is 1.19 bits per heavy atom. The average molecular weight is 459 g/mol. The van der Waals surface area contributed by atoms with Crippen molar-refractivity contribution in [2.45, 2.75) is 5.92 Å². The van der Waals surface area contributed by atoms with Gasteiger partial charge in [-0.05, 0) is 55.3 Å². The first kappa shape index (κ1) is 20.6. The third-order valence-corrected chi connectivity index (χ3v) is 7.44. The number of fused-ring (bicyclic) bond motifs is 8. The number of nitrogens with zero attached hydrogens (tertiary/aromatic N) is 2. The van der Waals surface area contributed by atoms with Gasteiger partial charge in [-0.2, -0.15) is 4.79 Å². The van der Waals surface area contributed by atoms with Gasteiger partial charge in [-0.25, -0.2) is 0 Å². The molecule has 6 aromatic rings. The molecule has 0 heterocycles. The van der Waals surface area contributed by atoms with E-state index in [1.54, 1.807) is 0 Å². The number of hydrogen-bond acceptors (Lipinski definition) is 0. The Morgan fingerprint density at radius 1 is 0.556 bits per heavy atom. The summed E-state index contributed by atoms with van der Waals surface area (Å²) >= 11 is 0. The molecule has 0 aromatic heterocycles. The van der Waals surface area contributed by atoms with E-state index < -0.39 is 0 Å². The second kappa shape index (κ2) is 8.16. The normalized spacial score (nSPS) is 15.1. The van der Waals surface area contributed by atoms with E-state index in [2.05, 4.69) is 120 Å². The minimum absolute atomic E-state index is 0.200. The summed E-state index contributed by atoms with van der Waals surface area (Å²) in [6.07, 6.45) is 2.32. The third kappa shape index (κ3) is 2.99. The Bertz CT molecular complexity index is 1880. The number of allylic oxidation sites excluding steroid dienone is 1. The SMILES string of the molecule is [N-]=[N+]=C1c2c(c3ccccc3c3ccc4ccccc4c23)C=C(c2ccccc2)C1c1ccccc1. The van der Waals surface area contributed by atoms with E-state index in [-0.39, 0.29) is 5.92 Å². The van der Waals surface area contributed by atoms with E-state index >= 15 is 0 Å². The van der Waals surface area contributed by atoms with Crippen LogP contribution in [0.3, 0.4) is 0 Å². The monoisotopic (exact) mass is 458 g/mol. The molecule has 36 heavy (non-hydrogen) atoms. The van der Waals surface area contributed by atoms with Crippen molar-refractivity contribution in [3.63, 3.8) is 0 Å². The highest BCUT2D eigenvalue weighted by Gasteiger charge is 2.38. The highest BCUT2D eigenvalue weighted by molar-refractivity contribution is 6.32. The van der Waals surface area contributed by atoms with Gasteiger partial charge in [-0.15, -0.1) is 0 Å². The molecule has 0 N–H and O–H groups in total. The van der Waals surface area contributed by atoms with Gasteiger partial charge in [-0.3, -0.25) is 0 Å². The molecule has 6 aromatic carbocycles. The molecule has 0 amide bonds. The van der Waals surface area contributed by atoms with Gasteiger partial charge < -0.3 is 5.53 Å². The lowest BCUT2D eigenvalue weighted by molar-refractivity contribution is -0.00714. The van der Waals surface area contributed by atoms with Gasteiger partial charge in [0.05, 0.1) is 5.56 Å². The van der Waals surface area contributed by atoms with Crippen molar-refractivity contribution in [2.75, 3.05) is 0 Å². The van der Waals surface area contributed by atoms with Crippen LogP contribution < -0.4 is 0 Å². The maximum absolute atomic E-state index is 10.7. The van der Waals surface area contributed by atoms with Crippen LogP contribution in [0.2, 0.25) is 0 Å². The lowest BCUT2D eigenvalue weighted by Gasteiger charge is -2.26. The fourth-order valence-corrected chi connectivity index (χ4v) is 5.91. The minimum Gasteiger partial charge on any atom is -0.361 e. The first-order chi connectivity index (χ1) is 17.8. The molecule has 0 saturated heterocycles. The molecule has 1 aliphatic rings. The Balaban J connectivity index is 1.72. The van der Waals surface area contributed by atoms with Crippen LogP contribution in [0.5, 0.6) is 0 Å². The van der Waals surface area contributed by atoms with Gasteiger partial charge in [-0.1, -0.05) is 121 Å². The highest BCUT2D eigenvalue weighted by atomic mass is 14.9. The fraction of sp³-hybridized carbons (Fsp3) is 0.0294. The van der Waals surface area contributed by atoms with Crippen LogP contribution >= 0.6 is 0 Å². The summed E-state index contributed by atoms with van der Waals surface area (Å²) < 4.78 is 0. The van der Waals surface area contributed by atoms with E-state index in [1.807, 2.05) is 12.1 Å². The lowest BCUT2D eigenvalue weighted by atomic mass is 9.72. The maximum Gasteiger partial charge on any atom is 0.312 e. The summed E-state index contributed by atoms with van der Waals surface area (Å²) in [4.78, 5) is 4.06. The summed E-state index contributed by atoms with van der Waals surface area (Å²) in [5, 5.41) is 7.02. The van der Waals surface area contributed by atoms with Gasteiger partial charge in [0, 0.05) is 5.39 Å². The molecule has 1 atom stereocenters. The summed E-state index contributed by atoms with van der Waals surface area (Å²) in [5.74, 6) is -0.200. The molecular formula is C34H22N2. The van der Waals surface area contributed by atoms with E-state index in [4.69, 9.17) is 0 Å². The van der Waals surface area contributed by atoms with E-state index in [1.165, 1.54) is 21.5 Å². The van der Waals surface area contributed by atoms with E-state index in [9.17, 15) is 5.53 Å². The summed E-state index contributed by atoms with van der Waals surface area (Å²) in [6, 6.07) is 42.3. The van der Waals surface area contributed by atoms with Gasteiger partial charge in [0.2, 0.25) is 0 Å². The largest absolute Gasteiger partial charge is 0.361 e. The lowest BCUT2D eigenvalue weighted by Crippen LogP contribution is -2.22. The Morgan fingerprint density at radius 3 is 1.94 bits per heavy atom. The second-order valence-corrected chi connectivity index (χ2v) is 9.34. The van der Waals surface area contributed by atoms with Crippen molar-refractivity contribution in [3.8, 4) is 0 Å². The number of hydrogen-bond donors (Lipinski definition) is 0. The van der Waals surface area contributed by atoms with E-state index in [0.29, 0.717) is 5.71 Å². The molecule has 2 nitrogen and oxygen atoms in total. The van der Waals surface area contributed by atoms with Crippen molar-refractivity contribution in [3.05, 3.63) is 149 Å². The number of benzene rings is 6. The molecule has 0 bridgehead atoms.